The molecule has 2 aromatic rings. The van der Waals surface area contributed by atoms with E-state index < -0.39 is 23.0 Å². The first kappa shape index (κ1) is 13.5. The minimum atomic E-state index is -0.674. The molecule has 0 spiro atoms. The van der Waals surface area contributed by atoms with Crippen LogP contribution in [-0.4, -0.2) is 26.2 Å². The molecule has 2 rings (SSSR count). The van der Waals surface area contributed by atoms with Crippen LogP contribution in [0.3, 0.4) is 0 Å². The zero-order valence-corrected chi connectivity index (χ0v) is 10.4. The number of phenols is 4. The Labute approximate surface area is 114 Å². The Morgan fingerprint density at radius 3 is 2.25 bits per heavy atom. The lowest BCUT2D eigenvalue weighted by Gasteiger charge is -2.11. The maximum Gasteiger partial charge on any atom is 0.200 e. The van der Waals surface area contributed by atoms with E-state index in [4.69, 9.17) is 0 Å². The fraction of sp³-hybridized carbons (Fsp3) is 0. The minimum Gasteiger partial charge on any atom is -0.508 e. The molecule has 2 aromatic carbocycles. The third-order valence-corrected chi connectivity index (χ3v) is 2.87. The van der Waals surface area contributed by atoms with Crippen molar-refractivity contribution < 1.29 is 25.2 Å². The van der Waals surface area contributed by atoms with E-state index in [0.29, 0.717) is 5.56 Å². The summed E-state index contributed by atoms with van der Waals surface area (Å²) < 4.78 is 0. The average molecular weight is 272 g/mol. The Morgan fingerprint density at radius 1 is 0.950 bits per heavy atom. The van der Waals surface area contributed by atoms with Crippen LogP contribution in [0.5, 0.6) is 23.0 Å². The second-order valence-corrected chi connectivity index (χ2v) is 4.13. The lowest BCUT2D eigenvalue weighted by molar-refractivity contribution is 0.104. The van der Waals surface area contributed by atoms with E-state index in [2.05, 4.69) is 6.58 Å². The predicted octanol–water partition coefficient (Wildman–Crippen LogP) is 2.54. The largest absolute Gasteiger partial charge is 0.508 e. The second-order valence-electron chi connectivity index (χ2n) is 4.13. The predicted molar refractivity (Wildman–Crippen MR) is 73.1 cm³/mol. The van der Waals surface area contributed by atoms with Crippen LogP contribution in [0.15, 0.2) is 43.0 Å². The molecule has 5 nitrogen and oxygen atoms in total. The van der Waals surface area contributed by atoms with E-state index >= 15 is 0 Å². The molecule has 0 heterocycles. The molecule has 0 unspecified atom stereocenters. The smallest absolute Gasteiger partial charge is 0.200 e. The highest BCUT2D eigenvalue weighted by Crippen LogP contribution is 2.43. The van der Waals surface area contributed by atoms with Gasteiger partial charge in [-0.2, -0.15) is 0 Å². The summed E-state index contributed by atoms with van der Waals surface area (Å²) in [6, 6.07) is 6.56. The number of phenolic OH excluding ortho intramolecular Hbond substituents is 4. The summed E-state index contributed by atoms with van der Waals surface area (Å²) in [6.07, 6.45) is 1.08. The number of benzene rings is 2. The van der Waals surface area contributed by atoms with Crippen molar-refractivity contribution >= 4 is 5.78 Å². The highest BCUT2D eigenvalue weighted by molar-refractivity contribution is 6.09. The van der Waals surface area contributed by atoms with Crippen molar-refractivity contribution in [2.75, 3.05) is 0 Å². The molecule has 0 aromatic heterocycles. The van der Waals surface area contributed by atoms with Crippen LogP contribution in [0.1, 0.15) is 10.4 Å². The van der Waals surface area contributed by atoms with Gasteiger partial charge in [0.15, 0.2) is 17.3 Å². The van der Waals surface area contributed by atoms with Crippen LogP contribution >= 0.6 is 0 Å². The normalized spacial score (nSPS) is 10.2. The zero-order valence-electron chi connectivity index (χ0n) is 10.4. The van der Waals surface area contributed by atoms with E-state index in [-0.39, 0.29) is 16.9 Å². The molecule has 20 heavy (non-hydrogen) atoms. The van der Waals surface area contributed by atoms with Gasteiger partial charge in [-0.05, 0) is 42.0 Å². The molecule has 0 atom stereocenters. The lowest BCUT2D eigenvalue weighted by Crippen LogP contribution is -1.97. The van der Waals surface area contributed by atoms with Gasteiger partial charge in [0.1, 0.15) is 5.75 Å². The number of hydrogen-bond acceptors (Lipinski definition) is 5. The first-order chi connectivity index (χ1) is 9.45. The van der Waals surface area contributed by atoms with Gasteiger partial charge in [0, 0.05) is 11.1 Å². The first-order valence-electron chi connectivity index (χ1n) is 5.69. The van der Waals surface area contributed by atoms with E-state index in [1.807, 2.05) is 0 Å². The van der Waals surface area contributed by atoms with E-state index in [9.17, 15) is 25.2 Å². The Hall–Kier alpha value is -2.95. The number of carbonyl (C=O) groups is 1. The Morgan fingerprint density at radius 2 is 1.60 bits per heavy atom. The van der Waals surface area contributed by atoms with Gasteiger partial charge in [-0.1, -0.05) is 6.58 Å². The number of ketones is 1. The van der Waals surface area contributed by atoms with E-state index in [1.54, 1.807) is 0 Å². The highest BCUT2D eigenvalue weighted by Gasteiger charge is 2.18. The van der Waals surface area contributed by atoms with Crippen molar-refractivity contribution in [2.45, 2.75) is 0 Å². The Kier molecular flexibility index (Phi) is 3.35. The summed E-state index contributed by atoms with van der Waals surface area (Å²) in [5, 5.41) is 38.2. The number of allylic oxidation sites excluding steroid dienone is 1. The maximum atomic E-state index is 11.8. The molecular weight excluding hydrogens is 260 g/mol. The Balaban J connectivity index is 2.73. The van der Waals surface area contributed by atoms with Crippen molar-refractivity contribution in [3.8, 4) is 34.1 Å². The van der Waals surface area contributed by atoms with Gasteiger partial charge in [-0.3, -0.25) is 4.79 Å². The lowest BCUT2D eigenvalue weighted by atomic mass is 9.95. The number of hydrogen-bond donors (Lipinski definition) is 4. The molecule has 0 aliphatic rings. The van der Waals surface area contributed by atoms with E-state index in [0.717, 1.165) is 6.08 Å². The number of carbonyl (C=O) groups excluding carboxylic acids is 1. The molecule has 0 aliphatic carbocycles. The van der Waals surface area contributed by atoms with Crippen molar-refractivity contribution in [1.29, 1.82) is 0 Å². The standard InChI is InChI=1S/C15H12O5/c1-2-12(17)11-7-8(16)3-4-9(11)10-5-6-13(18)15(20)14(10)19/h2-7,16,18-20H,1H2. The number of rotatable bonds is 3. The summed E-state index contributed by atoms with van der Waals surface area (Å²) >= 11 is 0. The second kappa shape index (κ2) is 4.97. The van der Waals surface area contributed by atoms with Crippen LogP contribution < -0.4 is 0 Å². The Bertz CT molecular complexity index is 704. The SMILES string of the molecule is C=CC(=O)c1cc(O)ccc1-c1ccc(O)c(O)c1O. The van der Waals surface area contributed by atoms with E-state index in [1.165, 1.54) is 30.3 Å². The van der Waals surface area contributed by atoms with Crippen molar-refractivity contribution in [2.24, 2.45) is 0 Å². The zero-order chi connectivity index (χ0) is 14.9. The molecule has 0 saturated heterocycles. The van der Waals surface area contributed by atoms with Gasteiger partial charge in [0.25, 0.3) is 0 Å². The average Bonchev–Trinajstić information content (AvgIpc) is 2.44. The van der Waals surface area contributed by atoms with Gasteiger partial charge in [0.05, 0.1) is 0 Å². The topological polar surface area (TPSA) is 98.0 Å². The monoisotopic (exact) mass is 272 g/mol. The van der Waals surface area contributed by atoms with Gasteiger partial charge in [-0.25, -0.2) is 0 Å². The molecule has 102 valence electrons. The molecular formula is C15H12O5. The van der Waals surface area contributed by atoms with Crippen molar-refractivity contribution in [1.82, 2.24) is 0 Å². The summed E-state index contributed by atoms with van der Waals surface area (Å²) in [6.45, 7) is 3.37. The van der Waals surface area contributed by atoms with Crippen LogP contribution in [0.2, 0.25) is 0 Å². The van der Waals surface area contributed by atoms with Gasteiger partial charge < -0.3 is 20.4 Å². The summed E-state index contributed by atoms with van der Waals surface area (Å²) in [4.78, 5) is 11.8. The highest BCUT2D eigenvalue weighted by atomic mass is 16.3. The quantitative estimate of drug-likeness (QED) is 0.391. The van der Waals surface area contributed by atoms with Crippen LogP contribution in [-0.2, 0) is 0 Å². The summed E-state index contributed by atoms with van der Waals surface area (Å²) in [5.41, 5.74) is 0.589. The van der Waals surface area contributed by atoms with Crippen molar-refractivity contribution in [3.63, 3.8) is 0 Å². The summed E-state index contributed by atoms with van der Waals surface area (Å²) in [7, 11) is 0. The number of aromatic hydroxyl groups is 4. The third kappa shape index (κ3) is 2.16. The molecule has 0 fully saturated rings. The fourth-order valence-corrected chi connectivity index (χ4v) is 1.87. The van der Waals surface area contributed by atoms with Gasteiger partial charge >= 0.3 is 0 Å². The van der Waals surface area contributed by atoms with Crippen LogP contribution in [0.25, 0.3) is 11.1 Å². The molecule has 0 bridgehead atoms. The van der Waals surface area contributed by atoms with Crippen molar-refractivity contribution in [3.05, 3.63) is 48.6 Å². The fourth-order valence-electron chi connectivity index (χ4n) is 1.87. The van der Waals surface area contributed by atoms with Gasteiger partial charge in [-0.15, -0.1) is 0 Å². The van der Waals surface area contributed by atoms with Crippen LogP contribution in [0, 0.1) is 0 Å². The molecule has 0 amide bonds. The van der Waals surface area contributed by atoms with Crippen LogP contribution in [0.4, 0.5) is 0 Å². The minimum absolute atomic E-state index is 0.110. The third-order valence-electron chi connectivity index (χ3n) is 2.87. The molecule has 4 N–H and O–H groups in total. The van der Waals surface area contributed by atoms with Gasteiger partial charge in [0.2, 0.25) is 5.75 Å². The molecule has 0 radical (unpaired) electrons. The molecule has 0 saturated carbocycles. The summed E-state index contributed by atoms with van der Waals surface area (Å²) in [5.74, 6) is -2.24. The first-order valence-corrected chi connectivity index (χ1v) is 5.69. The maximum absolute atomic E-state index is 11.8. The molecule has 0 aliphatic heterocycles. The molecule has 5 heteroatoms.